The second-order valence-corrected chi connectivity index (χ2v) is 8.14. The third-order valence-electron chi connectivity index (χ3n) is 3.88. The molecule has 2 N–H and O–H groups in total. The van der Waals surface area contributed by atoms with Crippen LogP contribution in [0.1, 0.15) is 13.3 Å². The van der Waals surface area contributed by atoms with Crippen molar-refractivity contribution < 1.29 is 22.7 Å². The molecule has 0 heterocycles. The number of sulfonamides is 1. The van der Waals surface area contributed by atoms with E-state index in [-0.39, 0.29) is 10.6 Å². The summed E-state index contributed by atoms with van der Waals surface area (Å²) in [5.74, 6) is -0.256. The molecule has 0 aliphatic carbocycles. The van der Waals surface area contributed by atoms with Gasteiger partial charge in [0.2, 0.25) is 0 Å². The Bertz CT molecular complexity index is 961. The molecule has 0 saturated heterocycles. The minimum atomic E-state index is -3.98. The van der Waals surface area contributed by atoms with E-state index in [1.165, 1.54) is 19.2 Å². The standard InChI is InChI=1S/C20H23ClN2O5S/c1-4-5-12-28-14(2)20(24)22-17-10-11-18(27-3)19(13-17)29(25,26)23-16-8-6-15(21)7-9-16/h4,6-11,13-14,23H,1,5,12H2,2-3H3,(H,22,24). The van der Waals surface area contributed by atoms with Gasteiger partial charge in [-0.05, 0) is 55.8 Å². The lowest BCUT2D eigenvalue weighted by Crippen LogP contribution is -2.28. The normalized spacial score (nSPS) is 12.1. The Hall–Kier alpha value is -2.55. The lowest BCUT2D eigenvalue weighted by molar-refractivity contribution is -0.126. The number of carbonyl (C=O) groups excluding carboxylic acids is 1. The number of methoxy groups -OCH3 is 1. The first-order chi connectivity index (χ1) is 13.8. The molecule has 2 rings (SSSR count). The Kier molecular flexibility index (Phi) is 8.07. The maximum Gasteiger partial charge on any atom is 0.265 e. The molecule has 0 radical (unpaired) electrons. The predicted octanol–water partition coefficient (Wildman–Crippen LogP) is 4.07. The van der Waals surface area contributed by atoms with Crippen molar-refractivity contribution in [1.82, 2.24) is 0 Å². The molecule has 29 heavy (non-hydrogen) atoms. The van der Waals surface area contributed by atoms with Crippen molar-refractivity contribution in [3.63, 3.8) is 0 Å². The molecule has 0 bridgehead atoms. The van der Waals surface area contributed by atoms with Crippen molar-refractivity contribution in [2.24, 2.45) is 0 Å². The molecule has 9 heteroatoms. The zero-order chi connectivity index (χ0) is 21.4. The minimum absolute atomic E-state index is 0.118. The largest absolute Gasteiger partial charge is 0.495 e. The molecule has 2 aromatic rings. The zero-order valence-corrected chi connectivity index (χ0v) is 17.7. The number of rotatable bonds is 10. The van der Waals surface area contributed by atoms with Gasteiger partial charge in [0.25, 0.3) is 15.9 Å². The Morgan fingerprint density at radius 2 is 1.86 bits per heavy atom. The second-order valence-electron chi connectivity index (χ2n) is 6.06. The fourth-order valence-corrected chi connectivity index (χ4v) is 3.72. The summed E-state index contributed by atoms with van der Waals surface area (Å²) < 4.78 is 38.7. The van der Waals surface area contributed by atoms with E-state index in [1.807, 2.05) is 0 Å². The van der Waals surface area contributed by atoms with Crippen molar-refractivity contribution >= 4 is 38.9 Å². The van der Waals surface area contributed by atoms with Crippen LogP contribution in [0.15, 0.2) is 60.0 Å². The van der Waals surface area contributed by atoms with E-state index in [2.05, 4.69) is 16.6 Å². The van der Waals surface area contributed by atoms with Gasteiger partial charge in [-0.25, -0.2) is 8.42 Å². The maximum atomic E-state index is 12.8. The number of halogens is 1. The molecule has 2 aromatic carbocycles. The monoisotopic (exact) mass is 438 g/mol. The molecule has 1 amide bonds. The van der Waals surface area contributed by atoms with Gasteiger partial charge in [0.05, 0.1) is 13.7 Å². The van der Waals surface area contributed by atoms with Crippen LogP contribution in [0.25, 0.3) is 0 Å². The van der Waals surface area contributed by atoms with Gasteiger partial charge in [-0.1, -0.05) is 17.7 Å². The third-order valence-corrected chi connectivity index (χ3v) is 5.53. The summed E-state index contributed by atoms with van der Waals surface area (Å²) in [6, 6.07) is 10.6. The highest BCUT2D eigenvalue weighted by molar-refractivity contribution is 7.92. The Morgan fingerprint density at radius 1 is 1.21 bits per heavy atom. The van der Waals surface area contributed by atoms with Crippen molar-refractivity contribution in [1.29, 1.82) is 0 Å². The van der Waals surface area contributed by atoms with Crippen molar-refractivity contribution in [2.75, 3.05) is 23.8 Å². The fourth-order valence-electron chi connectivity index (χ4n) is 2.34. The minimum Gasteiger partial charge on any atom is -0.495 e. The highest BCUT2D eigenvalue weighted by atomic mass is 35.5. The SMILES string of the molecule is C=CCCOC(C)C(=O)Nc1ccc(OC)c(S(=O)(=O)Nc2ccc(Cl)cc2)c1. The first-order valence-corrected chi connectivity index (χ1v) is 10.6. The first kappa shape index (κ1) is 22.7. The number of hydrogen-bond donors (Lipinski definition) is 2. The topological polar surface area (TPSA) is 93.7 Å². The maximum absolute atomic E-state index is 12.8. The summed E-state index contributed by atoms with van der Waals surface area (Å²) >= 11 is 5.83. The van der Waals surface area contributed by atoms with Gasteiger partial charge in [0, 0.05) is 16.4 Å². The molecule has 156 valence electrons. The van der Waals surface area contributed by atoms with E-state index >= 15 is 0 Å². The van der Waals surface area contributed by atoms with Crippen LogP contribution >= 0.6 is 11.6 Å². The van der Waals surface area contributed by atoms with Crippen LogP contribution in [0.4, 0.5) is 11.4 Å². The Labute approximate surface area is 175 Å². The molecular weight excluding hydrogens is 416 g/mol. The molecule has 7 nitrogen and oxygen atoms in total. The lowest BCUT2D eigenvalue weighted by atomic mass is 10.2. The van der Waals surface area contributed by atoms with Gasteiger partial charge in [-0.15, -0.1) is 6.58 Å². The van der Waals surface area contributed by atoms with Gasteiger partial charge in [-0.3, -0.25) is 9.52 Å². The number of amides is 1. The first-order valence-electron chi connectivity index (χ1n) is 8.76. The highest BCUT2D eigenvalue weighted by Crippen LogP contribution is 2.29. The van der Waals surface area contributed by atoms with Crippen molar-refractivity contribution in [2.45, 2.75) is 24.3 Å². The summed E-state index contributed by atoms with van der Waals surface area (Å²) in [4.78, 5) is 12.2. The summed E-state index contributed by atoms with van der Waals surface area (Å²) in [6.45, 7) is 5.57. The molecule has 1 atom stereocenters. The molecule has 0 aromatic heterocycles. The number of anilines is 2. The van der Waals surface area contributed by atoms with Crippen LogP contribution in [-0.2, 0) is 19.6 Å². The highest BCUT2D eigenvalue weighted by Gasteiger charge is 2.22. The second kappa shape index (κ2) is 10.3. The molecule has 0 spiro atoms. The Balaban J connectivity index is 2.22. The zero-order valence-electron chi connectivity index (χ0n) is 16.1. The molecular formula is C20H23ClN2O5S. The molecule has 0 aliphatic rings. The van der Waals surface area contributed by atoms with Crippen LogP contribution in [0.3, 0.4) is 0 Å². The number of nitrogens with one attached hydrogen (secondary N) is 2. The van der Waals surface area contributed by atoms with Crippen LogP contribution in [0.5, 0.6) is 5.75 Å². The van der Waals surface area contributed by atoms with Crippen LogP contribution in [0.2, 0.25) is 5.02 Å². The van der Waals surface area contributed by atoms with E-state index in [1.54, 1.807) is 43.3 Å². The van der Waals surface area contributed by atoms with Crippen LogP contribution in [0, 0.1) is 0 Å². The lowest BCUT2D eigenvalue weighted by Gasteiger charge is -2.16. The van der Waals surface area contributed by atoms with E-state index in [0.717, 1.165) is 0 Å². The third kappa shape index (κ3) is 6.49. The number of benzene rings is 2. The van der Waals surface area contributed by atoms with E-state index in [4.69, 9.17) is 21.1 Å². The summed E-state index contributed by atoms with van der Waals surface area (Å²) in [6.07, 6.45) is 1.61. The van der Waals surface area contributed by atoms with Crippen molar-refractivity contribution in [3.8, 4) is 5.75 Å². The number of carbonyl (C=O) groups is 1. The number of hydrogen-bond acceptors (Lipinski definition) is 5. The van der Waals surface area contributed by atoms with E-state index in [0.29, 0.717) is 29.4 Å². The van der Waals surface area contributed by atoms with Gasteiger partial charge >= 0.3 is 0 Å². The Morgan fingerprint density at radius 3 is 2.48 bits per heavy atom. The molecule has 1 unspecified atom stereocenters. The van der Waals surface area contributed by atoms with E-state index < -0.39 is 22.0 Å². The summed E-state index contributed by atoms with van der Waals surface area (Å²) in [7, 11) is -2.61. The average molecular weight is 439 g/mol. The van der Waals surface area contributed by atoms with Crippen molar-refractivity contribution in [3.05, 3.63) is 60.1 Å². The van der Waals surface area contributed by atoms with Gasteiger partial charge in [-0.2, -0.15) is 0 Å². The van der Waals surface area contributed by atoms with Crippen LogP contribution < -0.4 is 14.8 Å². The van der Waals surface area contributed by atoms with Gasteiger partial charge < -0.3 is 14.8 Å². The fraction of sp³-hybridized carbons (Fsp3) is 0.250. The smallest absolute Gasteiger partial charge is 0.265 e. The van der Waals surface area contributed by atoms with Gasteiger partial charge in [0.1, 0.15) is 16.7 Å². The van der Waals surface area contributed by atoms with Gasteiger partial charge in [0.15, 0.2) is 0 Å². The summed E-state index contributed by atoms with van der Waals surface area (Å²) in [5, 5.41) is 3.13. The van der Waals surface area contributed by atoms with Crippen LogP contribution in [-0.4, -0.2) is 34.1 Å². The number of ether oxygens (including phenoxy) is 2. The molecule has 0 saturated carbocycles. The predicted molar refractivity (Wildman–Crippen MR) is 114 cm³/mol. The summed E-state index contributed by atoms with van der Waals surface area (Å²) in [5.41, 5.74) is 0.640. The van der Waals surface area contributed by atoms with E-state index in [9.17, 15) is 13.2 Å². The molecule has 0 aliphatic heterocycles. The average Bonchev–Trinajstić information content (AvgIpc) is 2.69. The molecule has 0 fully saturated rings. The quantitative estimate of drug-likeness (QED) is 0.430.